The van der Waals surface area contributed by atoms with Gasteiger partial charge in [-0.05, 0) is 74.9 Å². The van der Waals surface area contributed by atoms with Crippen LogP contribution in [0.1, 0.15) is 15.9 Å². The Labute approximate surface area is 152 Å². The van der Waals surface area contributed by atoms with E-state index in [9.17, 15) is 18.0 Å². The van der Waals surface area contributed by atoms with Crippen molar-refractivity contribution in [1.82, 2.24) is 0 Å². The number of alkyl halides is 3. The van der Waals surface area contributed by atoms with Crippen molar-refractivity contribution in [2.75, 3.05) is 12.4 Å². The number of nitrogens with one attached hydrogen (secondary N) is 1. The van der Waals surface area contributed by atoms with Crippen LogP contribution in [0.15, 0.2) is 40.9 Å². The van der Waals surface area contributed by atoms with Crippen LogP contribution in [0.25, 0.3) is 0 Å². The minimum absolute atomic E-state index is 0.212. The first-order chi connectivity index (χ1) is 10.7. The molecular formula is C15H10BrF3INO2. The standard InChI is InChI=1S/C15H10BrF3INO2/c1-23-13-5-2-8(6-11(13)16)14(22)21-12-4-3-9(20)7-10(12)15(17,18)19/h2-7H,1H3,(H,21,22). The number of halogens is 5. The van der Waals surface area contributed by atoms with Gasteiger partial charge < -0.3 is 10.1 Å². The summed E-state index contributed by atoms with van der Waals surface area (Å²) in [5.74, 6) is -0.119. The molecular weight excluding hydrogens is 490 g/mol. The zero-order valence-electron chi connectivity index (χ0n) is 11.7. The first-order valence-corrected chi connectivity index (χ1v) is 8.11. The summed E-state index contributed by atoms with van der Waals surface area (Å²) in [5.41, 5.74) is -0.954. The lowest BCUT2D eigenvalue weighted by Crippen LogP contribution is -2.17. The summed E-state index contributed by atoms with van der Waals surface area (Å²) in [7, 11) is 1.47. The van der Waals surface area contributed by atoms with Gasteiger partial charge in [0, 0.05) is 9.13 Å². The Bertz CT molecular complexity index is 750. The average molecular weight is 500 g/mol. The molecule has 0 aliphatic carbocycles. The molecule has 1 amide bonds. The topological polar surface area (TPSA) is 38.3 Å². The van der Waals surface area contributed by atoms with Crippen LogP contribution in [0.3, 0.4) is 0 Å². The van der Waals surface area contributed by atoms with E-state index >= 15 is 0 Å². The second-order valence-corrected chi connectivity index (χ2v) is 6.59. The van der Waals surface area contributed by atoms with Crippen molar-refractivity contribution >= 4 is 50.1 Å². The lowest BCUT2D eigenvalue weighted by Gasteiger charge is -2.14. The number of rotatable bonds is 3. The number of methoxy groups -OCH3 is 1. The van der Waals surface area contributed by atoms with E-state index in [4.69, 9.17) is 4.74 Å². The second kappa shape index (κ2) is 7.08. The van der Waals surface area contributed by atoms with E-state index in [2.05, 4.69) is 21.2 Å². The molecule has 0 bridgehead atoms. The summed E-state index contributed by atoms with van der Waals surface area (Å²) in [4.78, 5) is 12.2. The molecule has 0 aliphatic heterocycles. The fourth-order valence-corrected chi connectivity index (χ4v) is 2.89. The molecule has 2 rings (SSSR count). The van der Waals surface area contributed by atoms with E-state index in [0.717, 1.165) is 6.07 Å². The minimum Gasteiger partial charge on any atom is -0.496 e. The van der Waals surface area contributed by atoms with Gasteiger partial charge in [0.05, 0.1) is 22.8 Å². The van der Waals surface area contributed by atoms with Crippen molar-refractivity contribution < 1.29 is 22.7 Å². The van der Waals surface area contributed by atoms with Crippen molar-refractivity contribution in [3.63, 3.8) is 0 Å². The molecule has 0 aliphatic rings. The first-order valence-electron chi connectivity index (χ1n) is 6.24. The monoisotopic (exact) mass is 499 g/mol. The fraction of sp³-hybridized carbons (Fsp3) is 0.133. The molecule has 0 unspecified atom stereocenters. The highest BCUT2D eigenvalue weighted by molar-refractivity contribution is 14.1. The molecule has 8 heteroatoms. The van der Waals surface area contributed by atoms with Gasteiger partial charge in [0.25, 0.3) is 5.91 Å². The molecule has 3 nitrogen and oxygen atoms in total. The SMILES string of the molecule is COc1ccc(C(=O)Nc2ccc(I)cc2C(F)(F)F)cc1Br. The number of carbonyl (C=O) groups is 1. The summed E-state index contributed by atoms with van der Waals surface area (Å²) in [6, 6.07) is 8.22. The van der Waals surface area contributed by atoms with Gasteiger partial charge in [-0.3, -0.25) is 4.79 Å². The third kappa shape index (κ3) is 4.37. The number of carbonyl (C=O) groups excluding carboxylic acids is 1. The van der Waals surface area contributed by atoms with Crippen LogP contribution in [0.5, 0.6) is 5.75 Å². The van der Waals surface area contributed by atoms with E-state index < -0.39 is 17.6 Å². The quantitative estimate of drug-likeness (QED) is 0.579. The molecule has 0 atom stereocenters. The van der Waals surface area contributed by atoms with Gasteiger partial charge in [-0.15, -0.1) is 0 Å². The van der Waals surface area contributed by atoms with Crippen LogP contribution in [-0.2, 0) is 6.18 Å². The Balaban J connectivity index is 2.32. The molecule has 0 saturated carbocycles. The van der Waals surface area contributed by atoms with Gasteiger partial charge in [0.1, 0.15) is 5.75 Å². The summed E-state index contributed by atoms with van der Waals surface area (Å²) >= 11 is 5.02. The second-order valence-electron chi connectivity index (χ2n) is 4.49. The third-order valence-electron chi connectivity index (χ3n) is 2.95. The maximum Gasteiger partial charge on any atom is 0.418 e. The van der Waals surface area contributed by atoms with Crippen LogP contribution in [-0.4, -0.2) is 13.0 Å². The highest BCUT2D eigenvalue weighted by Gasteiger charge is 2.34. The number of hydrogen-bond acceptors (Lipinski definition) is 2. The van der Waals surface area contributed by atoms with E-state index in [0.29, 0.717) is 13.8 Å². The minimum atomic E-state index is -4.55. The molecule has 0 aromatic heterocycles. The maximum atomic E-state index is 13.1. The van der Waals surface area contributed by atoms with Gasteiger partial charge >= 0.3 is 6.18 Å². The molecule has 2 aromatic carbocycles. The number of benzene rings is 2. The molecule has 0 fully saturated rings. The van der Waals surface area contributed by atoms with Gasteiger partial charge in [-0.1, -0.05) is 0 Å². The van der Waals surface area contributed by atoms with Crippen LogP contribution in [0.2, 0.25) is 0 Å². The van der Waals surface area contributed by atoms with Crippen molar-refractivity contribution in [3.05, 3.63) is 55.6 Å². The number of ether oxygens (including phenoxy) is 1. The van der Waals surface area contributed by atoms with Crippen LogP contribution in [0.4, 0.5) is 18.9 Å². The van der Waals surface area contributed by atoms with Crippen molar-refractivity contribution in [2.45, 2.75) is 6.18 Å². The largest absolute Gasteiger partial charge is 0.496 e. The number of anilines is 1. The van der Waals surface area contributed by atoms with E-state index in [1.54, 1.807) is 28.7 Å². The van der Waals surface area contributed by atoms with Crippen molar-refractivity contribution in [3.8, 4) is 5.75 Å². The summed E-state index contributed by atoms with van der Waals surface area (Å²) in [6.07, 6.45) is -4.55. The van der Waals surface area contributed by atoms with E-state index in [1.807, 2.05) is 0 Å². The van der Waals surface area contributed by atoms with Crippen LogP contribution < -0.4 is 10.1 Å². The summed E-state index contributed by atoms with van der Waals surface area (Å²) in [6.45, 7) is 0. The highest BCUT2D eigenvalue weighted by atomic mass is 127. The Kier molecular flexibility index (Phi) is 5.56. The molecule has 0 saturated heterocycles. The first kappa shape index (κ1) is 18.1. The third-order valence-corrected chi connectivity index (χ3v) is 4.24. The Morgan fingerprint density at radius 3 is 2.48 bits per heavy atom. The Hall–Kier alpha value is -1.29. The zero-order valence-corrected chi connectivity index (χ0v) is 15.4. The van der Waals surface area contributed by atoms with Gasteiger partial charge in [0.15, 0.2) is 0 Å². The summed E-state index contributed by atoms with van der Waals surface area (Å²) in [5, 5.41) is 2.30. The Morgan fingerprint density at radius 2 is 1.91 bits per heavy atom. The lowest BCUT2D eigenvalue weighted by molar-refractivity contribution is -0.137. The Morgan fingerprint density at radius 1 is 1.22 bits per heavy atom. The van der Waals surface area contributed by atoms with Gasteiger partial charge in [-0.25, -0.2) is 0 Å². The van der Waals surface area contributed by atoms with E-state index in [1.165, 1.54) is 31.4 Å². The lowest BCUT2D eigenvalue weighted by atomic mass is 10.1. The highest BCUT2D eigenvalue weighted by Crippen LogP contribution is 2.36. The molecule has 0 spiro atoms. The predicted molar refractivity (Wildman–Crippen MR) is 92.8 cm³/mol. The zero-order chi connectivity index (χ0) is 17.2. The molecule has 2 aromatic rings. The van der Waals surface area contributed by atoms with E-state index in [-0.39, 0.29) is 11.3 Å². The number of hydrogen-bond donors (Lipinski definition) is 1. The summed E-state index contributed by atoms with van der Waals surface area (Å²) < 4.78 is 45.2. The molecule has 0 radical (unpaired) electrons. The van der Waals surface area contributed by atoms with Crippen LogP contribution in [0, 0.1) is 3.57 Å². The van der Waals surface area contributed by atoms with Crippen LogP contribution >= 0.6 is 38.5 Å². The predicted octanol–water partition coefficient (Wildman–Crippen LogP) is 5.33. The van der Waals surface area contributed by atoms with Gasteiger partial charge in [-0.2, -0.15) is 13.2 Å². The molecule has 1 N–H and O–H groups in total. The normalized spacial score (nSPS) is 11.2. The molecule has 0 heterocycles. The smallest absolute Gasteiger partial charge is 0.418 e. The molecule has 122 valence electrons. The maximum absolute atomic E-state index is 13.1. The average Bonchev–Trinajstić information content (AvgIpc) is 2.47. The molecule has 23 heavy (non-hydrogen) atoms. The van der Waals surface area contributed by atoms with Crippen molar-refractivity contribution in [2.24, 2.45) is 0 Å². The van der Waals surface area contributed by atoms with Crippen molar-refractivity contribution in [1.29, 1.82) is 0 Å². The number of amides is 1. The van der Waals surface area contributed by atoms with Gasteiger partial charge in [0.2, 0.25) is 0 Å². The fourth-order valence-electron chi connectivity index (χ4n) is 1.86.